The second-order valence-corrected chi connectivity index (χ2v) is 41.4. The second-order valence-electron chi connectivity index (χ2n) is 41.4. The molecular formula is C123H103BN4O. The van der Waals surface area contributed by atoms with E-state index >= 15 is 0 Å². The Bertz CT molecular complexity index is 8370. The van der Waals surface area contributed by atoms with Gasteiger partial charge in [0.2, 0.25) is 0 Å². The Labute approximate surface area is 768 Å². The van der Waals surface area contributed by atoms with E-state index in [2.05, 4.69) is 422 Å². The molecule has 3 aromatic heterocycles. The third kappa shape index (κ3) is 11.8. The minimum atomic E-state index is -0.617. The maximum atomic E-state index is 10.4. The molecule has 129 heavy (non-hydrogen) atoms. The van der Waals surface area contributed by atoms with Crippen LogP contribution in [0, 0.1) is 0 Å². The zero-order valence-corrected chi connectivity index (χ0v) is 75.6. The van der Waals surface area contributed by atoms with E-state index in [-0.39, 0.29) is 48.9 Å². The number of aromatic nitrogens is 2. The quantitative estimate of drug-likeness (QED) is 0.142. The Balaban J connectivity index is 0.869. The lowest BCUT2D eigenvalue weighted by molar-refractivity contribution is 0.569. The van der Waals surface area contributed by atoms with E-state index in [1.807, 2.05) is 0 Å². The van der Waals surface area contributed by atoms with Crippen LogP contribution >= 0.6 is 0 Å². The van der Waals surface area contributed by atoms with Gasteiger partial charge in [-0.1, -0.05) is 365 Å². The molecule has 624 valence electrons. The summed E-state index contributed by atoms with van der Waals surface area (Å²) >= 11 is 0. The molecular weight excluding hydrogens is 1560 g/mol. The lowest BCUT2D eigenvalue weighted by Gasteiger charge is -2.45. The zero-order valence-electron chi connectivity index (χ0n) is 83.6. The van der Waals surface area contributed by atoms with Crippen LogP contribution in [0.15, 0.2) is 356 Å². The molecule has 4 aliphatic rings. The maximum absolute atomic E-state index is 10.4. The molecule has 0 saturated carbocycles. The highest BCUT2D eigenvalue weighted by Gasteiger charge is 2.52. The molecule has 0 radical (unpaired) electrons. The van der Waals surface area contributed by atoms with Gasteiger partial charge >= 0.3 is 0 Å². The highest BCUT2D eigenvalue weighted by atomic mass is 16.3. The molecule has 0 saturated heterocycles. The van der Waals surface area contributed by atoms with Gasteiger partial charge in [0.15, 0.2) is 5.58 Å². The molecule has 0 fully saturated rings. The Hall–Kier alpha value is -14.2. The SMILES string of the molecule is [2H]c1c([2H])c([2H])c2c(c1[2H])c1c([2H])c([2H])c([2H])c([2H])c1n2-c1cc2c3c(c1)N(c1cccc4c1oc1c(-c5ccc6c(c5)C5(c7ccccc7-c7ccccc75)c5ccccc5-6)cccc14)c1cc(-n4c5ccc(C(C)(C)C)cc5c5cc(C(C)(C)C)ccc54)ccc1B3c1ccc(-c3cc(C(C)(C)C)cc(C(C)(C)C)c3)cc1N2c1c(-c2ccccc2)cc(C(C)(C)C)cc1-c1ccccc1. The monoisotopic (exact) mass is 1670 g/mol. The topological polar surface area (TPSA) is 29.5 Å². The molecule has 0 bridgehead atoms. The minimum Gasteiger partial charge on any atom is -0.453 e. The smallest absolute Gasteiger partial charge is 0.252 e. The lowest BCUT2D eigenvalue weighted by atomic mass is 9.33. The zero-order chi connectivity index (χ0) is 95.0. The van der Waals surface area contributed by atoms with Gasteiger partial charge in [0.25, 0.3) is 6.71 Å². The first-order chi connectivity index (χ1) is 65.5. The van der Waals surface area contributed by atoms with Gasteiger partial charge in [0, 0.05) is 77.4 Å². The molecule has 2 aliphatic heterocycles. The molecule has 5 heterocycles. The van der Waals surface area contributed by atoms with Gasteiger partial charge < -0.3 is 23.4 Å². The van der Waals surface area contributed by atoms with Crippen LogP contribution in [0.1, 0.15) is 165 Å². The van der Waals surface area contributed by atoms with E-state index < -0.39 is 60.5 Å². The molecule has 5 nitrogen and oxygen atoms in total. The first kappa shape index (κ1) is 69.9. The highest BCUT2D eigenvalue weighted by molar-refractivity contribution is 7.00. The van der Waals surface area contributed by atoms with Crippen LogP contribution in [-0.4, -0.2) is 15.8 Å². The summed E-state index contributed by atoms with van der Waals surface area (Å²) in [5.41, 5.74) is 34.0. The summed E-state index contributed by atoms with van der Waals surface area (Å²) in [6.07, 6.45) is 0. The van der Waals surface area contributed by atoms with Gasteiger partial charge in [0.1, 0.15) is 5.58 Å². The van der Waals surface area contributed by atoms with Crippen LogP contribution in [0.3, 0.4) is 0 Å². The summed E-state index contributed by atoms with van der Waals surface area (Å²) in [6.45, 7) is 33.6. The second kappa shape index (κ2) is 27.9. The number of furan rings is 1. The van der Waals surface area contributed by atoms with Crippen molar-refractivity contribution in [3.8, 4) is 78.1 Å². The summed E-state index contributed by atoms with van der Waals surface area (Å²) in [5, 5.41) is 4.01. The molecule has 20 aromatic rings. The van der Waals surface area contributed by atoms with E-state index in [1.54, 1.807) is 4.57 Å². The number of hydrogen-bond acceptors (Lipinski definition) is 3. The van der Waals surface area contributed by atoms with Crippen molar-refractivity contribution in [3.63, 3.8) is 0 Å². The Morgan fingerprint density at radius 2 is 0.705 bits per heavy atom. The van der Waals surface area contributed by atoms with Crippen LogP contribution in [0.4, 0.5) is 34.1 Å². The minimum absolute atomic E-state index is 0.000117. The Morgan fingerprint density at radius 3 is 1.25 bits per heavy atom. The fourth-order valence-electron chi connectivity index (χ4n) is 21.9. The molecule has 6 heteroatoms. The summed E-state index contributed by atoms with van der Waals surface area (Å²) < 4.78 is 91.7. The summed E-state index contributed by atoms with van der Waals surface area (Å²) in [7, 11) is 0. The Morgan fingerprint density at radius 1 is 0.264 bits per heavy atom. The van der Waals surface area contributed by atoms with Crippen molar-refractivity contribution in [2.45, 2.75) is 136 Å². The predicted octanol–water partition coefficient (Wildman–Crippen LogP) is 31.4. The number of nitrogens with zero attached hydrogens (tertiary/aromatic N) is 4. The van der Waals surface area contributed by atoms with Gasteiger partial charge in [-0.2, -0.15) is 0 Å². The van der Waals surface area contributed by atoms with Crippen LogP contribution in [0.25, 0.3) is 144 Å². The van der Waals surface area contributed by atoms with Gasteiger partial charge in [-0.05, 0) is 235 Å². The van der Waals surface area contributed by atoms with Crippen molar-refractivity contribution in [2.75, 3.05) is 9.80 Å². The number of para-hydroxylation sites is 4. The normalized spacial score (nSPS) is 14.7. The van der Waals surface area contributed by atoms with Gasteiger partial charge in [-0.15, -0.1) is 0 Å². The predicted molar refractivity (Wildman–Crippen MR) is 548 cm³/mol. The van der Waals surface area contributed by atoms with E-state index in [9.17, 15) is 11.0 Å². The van der Waals surface area contributed by atoms with Crippen LogP contribution in [0.2, 0.25) is 0 Å². The Kier molecular flexibility index (Phi) is 15.1. The molecule has 0 atom stereocenters. The average molecular weight is 1670 g/mol. The highest BCUT2D eigenvalue weighted by Crippen LogP contribution is 2.64. The fourth-order valence-corrected chi connectivity index (χ4v) is 21.9. The number of hydrogen-bond donors (Lipinski definition) is 0. The summed E-state index contributed by atoms with van der Waals surface area (Å²) in [5.74, 6) is 0. The number of benzene rings is 17. The standard InChI is InChI=1S/C123H103BN4O/c1-118(2,3)79-54-60-107-97(67-79)98-68-80(119(4,5)6)55-61-108(98)125(107)84-56-59-104-111(71-84)127(109-51-33-45-94-93-44-32-43-86(116(93)129-117(94)109)77-52-57-90-89-40-24-29-48-101(89)123(102(90)64-77)99-46-27-22-38-87(99)88-39-23-28-47-100(88)123)112-72-85(126-105-49-30-25-41-91(105)92-42-26-31-50-106(92)126)73-113-114(112)124(104)103-58-53-76(78-62-81(120(7,8)9)66-82(63-78)121(10,11)12)65-110(103)128(113)115-95(74-34-18-16-19-35-74)69-83(122(13,14)15)70-96(115)75-36-20-17-21-37-75/h16-73H,1-15H3/i25D,26D,30D,31D,41D,42D,49D,50D. The molecule has 2 aliphatic carbocycles. The summed E-state index contributed by atoms with van der Waals surface area (Å²) in [4.78, 5) is 4.87. The van der Waals surface area contributed by atoms with Crippen molar-refractivity contribution >= 4 is 123 Å². The lowest BCUT2D eigenvalue weighted by Crippen LogP contribution is -2.61. The molecule has 17 aromatic carbocycles. The first-order valence-corrected chi connectivity index (χ1v) is 45.5. The van der Waals surface area contributed by atoms with Crippen molar-refractivity contribution in [2.24, 2.45) is 0 Å². The first-order valence-electron chi connectivity index (χ1n) is 49.5. The van der Waals surface area contributed by atoms with Crippen molar-refractivity contribution in [1.82, 2.24) is 9.13 Å². The van der Waals surface area contributed by atoms with Crippen molar-refractivity contribution in [1.29, 1.82) is 0 Å². The molecule has 0 unspecified atom stereocenters. The fraction of sp³-hybridized carbons (Fsp3) is 0.171. The van der Waals surface area contributed by atoms with Crippen LogP contribution in [0.5, 0.6) is 0 Å². The molecule has 0 N–H and O–H groups in total. The third-order valence-corrected chi connectivity index (χ3v) is 28.5. The maximum Gasteiger partial charge on any atom is 0.252 e. The number of rotatable bonds is 8. The van der Waals surface area contributed by atoms with E-state index in [0.29, 0.717) is 28.2 Å². The van der Waals surface area contributed by atoms with Crippen LogP contribution in [-0.2, 0) is 32.5 Å². The van der Waals surface area contributed by atoms with Crippen LogP contribution < -0.4 is 26.2 Å². The van der Waals surface area contributed by atoms with Gasteiger partial charge in [-0.3, -0.25) is 0 Å². The third-order valence-electron chi connectivity index (χ3n) is 28.5. The van der Waals surface area contributed by atoms with Crippen molar-refractivity contribution in [3.05, 3.63) is 402 Å². The summed E-state index contributed by atoms with van der Waals surface area (Å²) in [6, 6.07) is 109. The number of anilines is 6. The van der Waals surface area contributed by atoms with E-state index in [0.717, 1.165) is 127 Å². The van der Waals surface area contributed by atoms with E-state index in [4.69, 9.17) is 4.42 Å². The average Bonchev–Trinajstić information content (AvgIpc) is 1.61. The number of fused-ring (bicyclic) bond motifs is 23. The van der Waals surface area contributed by atoms with E-state index in [1.165, 1.54) is 66.8 Å². The molecule has 1 spiro atoms. The van der Waals surface area contributed by atoms with Gasteiger partial charge in [-0.25, -0.2) is 0 Å². The molecule has 24 rings (SSSR count). The van der Waals surface area contributed by atoms with Crippen molar-refractivity contribution < 1.29 is 15.4 Å². The molecule has 0 amide bonds. The largest absolute Gasteiger partial charge is 0.453 e. The van der Waals surface area contributed by atoms with Gasteiger partial charge in [0.05, 0.1) is 55.5 Å².